The van der Waals surface area contributed by atoms with Gasteiger partial charge in [0.25, 0.3) is 11.8 Å². The zero-order valence-electron chi connectivity index (χ0n) is 17.5. The molecule has 1 aromatic carbocycles. The van der Waals surface area contributed by atoms with Crippen molar-refractivity contribution in [3.05, 3.63) is 56.4 Å². The van der Waals surface area contributed by atoms with Crippen molar-refractivity contribution in [3.8, 4) is 11.3 Å². The molecule has 0 aliphatic heterocycles. The number of carbonyl (C=O) groups excluding carboxylic acids is 3. The van der Waals surface area contributed by atoms with Gasteiger partial charge in [0, 0.05) is 4.88 Å². The molecule has 2 amide bonds. The van der Waals surface area contributed by atoms with Crippen LogP contribution in [-0.2, 0) is 22.4 Å². The van der Waals surface area contributed by atoms with Crippen molar-refractivity contribution >= 4 is 45.7 Å². The second kappa shape index (κ2) is 9.32. The van der Waals surface area contributed by atoms with Crippen LogP contribution in [0.5, 0.6) is 0 Å². The molecule has 172 valence electrons. The number of benzene rings is 1. The van der Waals surface area contributed by atoms with Crippen LogP contribution < -0.4 is 11.1 Å². The van der Waals surface area contributed by atoms with E-state index in [0.717, 1.165) is 36.1 Å². The fraction of sp³-hybridized carbons (Fsp3) is 0.273. The highest BCUT2D eigenvalue weighted by atomic mass is 35.5. The molecule has 0 radical (unpaired) electrons. The summed E-state index contributed by atoms with van der Waals surface area (Å²) in [5.74, 6) is -2.81. The van der Waals surface area contributed by atoms with Crippen molar-refractivity contribution < 1.29 is 28.0 Å². The van der Waals surface area contributed by atoms with Crippen molar-refractivity contribution in [1.29, 1.82) is 0 Å². The summed E-state index contributed by atoms with van der Waals surface area (Å²) in [6, 6.07) is 4.04. The lowest BCUT2D eigenvalue weighted by atomic mass is 9.95. The Labute approximate surface area is 196 Å². The van der Waals surface area contributed by atoms with Crippen molar-refractivity contribution in [2.24, 2.45) is 5.73 Å². The third-order valence-corrected chi connectivity index (χ3v) is 6.79. The Bertz CT molecular complexity index is 1250. The van der Waals surface area contributed by atoms with Gasteiger partial charge in [-0.2, -0.15) is 0 Å². The Hall–Kier alpha value is -3.24. The van der Waals surface area contributed by atoms with Gasteiger partial charge < -0.3 is 20.3 Å². The summed E-state index contributed by atoms with van der Waals surface area (Å²) in [5.41, 5.74) is 6.34. The Kier molecular flexibility index (Phi) is 6.48. The molecule has 3 N–H and O–H groups in total. The molecule has 0 bridgehead atoms. The Balaban J connectivity index is 1.50. The molecule has 0 atom stereocenters. The van der Waals surface area contributed by atoms with E-state index in [1.165, 1.54) is 36.5 Å². The summed E-state index contributed by atoms with van der Waals surface area (Å²) >= 11 is 7.38. The average Bonchev–Trinajstić information content (AvgIpc) is 3.32. The quantitative estimate of drug-likeness (QED) is 0.496. The fourth-order valence-corrected chi connectivity index (χ4v) is 5.35. The first-order chi connectivity index (χ1) is 15.8. The van der Waals surface area contributed by atoms with E-state index in [1.807, 2.05) is 0 Å². The monoisotopic (exact) mass is 491 g/mol. The molecule has 0 saturated heterocycles. The van der Waals surface area contributed by atoms with E-state index in [9.17, 15) is 18.8 Å². The third-order valence-electron chi connectivity index (χ3n) is 5.27. The van der Waals surface area contributed by atoms with E-state index < -0.39 is 30.2 Å². The van der Waals surface area contributed by atoms with Crippen molar-refractivity contribution in [2.45, 2.75) is 32.6 Å². The zero-order valence-corrected chi connectivity index (χ0v) is 19.1. The lowest BCUT2D eigenvalue weighted by molar-refractivity contribution is -0.119. The number of hydrogen-bond donors (Lipinski definition) is 2. The van der Waals surface area contributed by atoms with Gasteiger partial charge in [0.1, 0.15) is 27.8 Å². The molecule has 0 saturated carbocycles. The average molecular weight is 492 g/mol. The number of esters is 1. The van der Waals surface area contributed by atoms with Gasteiger partial charge in [-0.1, -0.05) is 22.8 Å². The number of hydrogen-bond acceptors (Lipinski definition) is 7. The molecule has 0 unspecified atom stereocenters. The minimum Gasteiger partial charge on any atom is -0.452 e. The van der Waals surface area contributed by atoms with Crippen LogP contribution in [0.2, 0.25) is 5.02 Å². The van der Waals surface area contributed by atoms with E-state index in [-0.39, 0.29) is 27.6 Å². The number of halogens is 2. The normalized spacial score (nSPS) is 12.8. The van der Waals surface area contributed by atoms with Crippen LogP contribution in [-0.4, -0.2) is 29.5 Å². The number of thiophene rings is 1. The SMILES string of the molecule is Cc1onc(-c2c(F)cccc2Cl)c1C(=O)OCC(=O)Nc1sc2c(c1C(N)=O)CCCC2. The number of anilines is 1. The largest absolute Gasteiger partial charge is 0.452 e. The zero-order chi connectivity index (χ0) is 23.7. The van der Waals surface area contributed by atoms with Gasteiger partial charge in [0.05, 0.1) is 16.1 Å². The van der Waals surface area contributed by atoms with Crippen LogP contribution in [0.1, 0.15) is 49.8 Å². The molecule has 1 aliphatic carbocycles. The number of nitrogens with zero attached hydrogens (tertiary/aromatic N) is 1. The number of nitrogens with one attached hydrogen (secondary N) is 1. The first kappa shape index (κ1) is 22.9. The van der Waals surface area contributed by atoms with Crippen LogP contribution in [0.25, 0.3) is 11.3 Å². The van der Waals surface area contributed by atoms with Gasteiger partial charge in [-0.25, -0.2) is 9.18 Å². The molecular weight excluding hydrogens is 473 g/mol. The maximum absolute atomic E-state index is 14.3. The topological polar surface area (TPSA) is 125 Å². The van der Waals surface area contributed by atoms with Crippen molar-refractivity contribution in [2.75, 3.05) is 11.9 Å². The summed E-state index contributed by atoms with van der Waals surface area (Å²) < 4.78 is 24.5. The van der Waals surface area contributed by atoms with Crippen molar-refractivity contribution in [1.82, 2.24) is 5.16 Å². The van der Waals surface area contributed by atoms with Crippen LogP contribution >= 0.6 is 22.9 Å². The minimum atomic E-state index is -0.932. The highest BCUT2D eigenvalue weighted by Crippen LogP contribution is 2.38. The predicted molar refractivity (Wildman–Crippen MR) is 120 cm³/mol. The molecule has 2 heterocycles. The highest BCUT2D eigenvalue weighted by Gasteiger charge is 2.28. The van der Waals surface area contributed by atoms with Gasteiger partial charge in [-0.05, 0) is 50.3 Å². The van der Waals surface area contributed by atoms with E-state index in [2.05, 4.69) is 10.5 Å². The predicted octanol–water partition coefficient (Wildman–Crippen LogP) is 4.28. The minimum absolute atomic E-state index is 0.0377. The number of rotatable bonds is 6. The first-order valence-electron chi connectivity index (χ1n) is 10.1. The standard InChI is InChI=1S/C22H19ClFN3O5S/c1-10-16(19(27-32-10)18-12(23)6-4-7-13(18)24)22(30)31-9-15(28)26-21-17(20(25)29)11-5-2-3-8-14(11)33-21/h4,6-7H,2-3,5,8-9H2,1H3,(H2,25,29)(H,26,28). The number of carbonyl (C=O) groups is 3. The van der Waals surface area contributed by atoms with Gasteiger partial charge in [0.15, 0.2) is 6.61 Å². The molecule has 0 fully saturated rings. The molecule has 1 aliphatic rings. The molecule has 8 nitrogen and oxygen atoms in total. The molecule has 0 spiro atoms. The summed E-state index contributed by atoms with van der Waals surface area (Å²) in [7, 11) is 0. The number of amides is 2. The molecule has 33 heavy (non-hydrogen) atoms. The molecular formula is C22H19ClFN3O5S. The number of aromatic nitrogens is 1. The first-order valence-corrected chi connectivity index (χ1v) is 11.3. The summed E-state index contributed by atoms with van der Waals surface area (Å²) in [6.45, 7) is 0.811. The molecule has 2 aromatic heterocycles. The number of nitrogens with two attached hydrogens (primary N) is 1. The number of fused-ring (bicyclic) bond motifs is 1. The summed E-state index contributed by atoms with van der Waals surface area (Å²) in [4.78, 5) is 38.1. The maximum Gasteiger partial charge on any atom is 0.344 e. The van der Waals surface area contributed by atoms with Gasteiger partial charge in [-0.3, -0.25) is 9.59 Å². The van der Waals surface area contributed by atoms with Gasteiger partial charge in [0.2, 0.25) is 0 Å². The Morgan fingerprint density at radius 1 is 1.27 bits per heavy atom. The van der Waals surface area contributed by atoms with E-state index >= 15 is 0 Å². The highest BCUT2D eigenvalue weighted by molar-refractivity contribution is 7.17. The van der Waals surface area contributed by atoms with Gasteiger partial charge in [-0.15, -0.1) is 11.3 Å². The van der Waals surface area contributed by atoms with Crippen LogP contribution in [0, 0.1) is 12.7 Å². The van der Waals surface area contributed by atoms with E-state index in [0.29, 0.717) is 10.6 Å². The Morgan fingerprint density at radius 2 is 2.03 bits per heavy atom. The van der Waals surface area contributed by atoms with Gasteiger partial charge >= 0.3 is 5.97 Å². The smallest absolute Gasteiger partial charge is 0.344 e. The molecule has 11 heteroatoms. The molecule has 4 rings (SSSR count). The number of primary amides is 1. The van der Waals surface area contributed by atoms with Crippen LogP contribution in [0.15, 0.2) is 22.7 Å². The second-order valence-corrected chi connectivity index (χ2v) is 8.97. The maximum atomic E-state index is 14.3. The summed E-state index contributed by atoms with van der Waals surface area (Å²) in [5, 5.41) is 6.73. The second-order valence-electron chi connectivity index (χ2n) is 7.46. The number of aryl methyl sites for hydroxylation is 2. The van der Waals surface area contributed by atoms with E-state index in [1.54, 1.807) is 0 Å². The fourth-order valence-electron chi connectivity index (χ4n) is 3.79. The van der Waals surface area contributed by atoms with Crippen LogP contribution in [0.3, 0.4) is 0 Å². The third kappa shape index (κ3) is 4.49. The van der Waals surface area contributed by atoms with Crippen molar-refractivity contribution in [3.63, 3.8) is 0 Å². The molecule has 3 aromatic rings. The number of ether oxygens (including phenoxy) is 1. The summed E-state index contributed by atoms with van der Waals surface area (Å²) in [6.07, 6.45) is 3.49. The lowest BCUT2D eigenvalue weighted by Gasteiger charge is -2.11. The Morgan fingerprint density at radius 3 is 2.76 bits per heavy atom. The van der Waals surface area contributed by atoms with E-state index in [4.69, 9.17) is 26.6 Å². The van der Waals surface area contributed by atoms with Crippen LogP contribution in [0.4, 0.5) is 9.39 Å². The lowest BCUT2D eigenvalue weighted by Crippen LogP contribution is -2.23.